The minimum atomic E-state index is -0.0498. The normalized spacial score (nSPS) is 14.6. The summed E-state index contributed by atoms with van der Waals surface area (Å²) in [6.07, 6.45) is 4.84. The van der Waals surface area contributed by atoms with Crippen LogP contribution in [0.25, 0.3) is 6.08 Å². The number of aryl methyl sites for hydroxylation is 1. The van der Waals surface area contributed by atoms with Crippen molar-refractivity contribution in [3.8, 4) is 11.5 Å². The lowest BCUT2D eigenvalue weighted by Gasteiger charge is -2.31. The predicted octanol–water partition coefficient (Wildman–Crippen LogP) is 3.45. The van der Waals surface area contributed by atoms with Crippen molar-refractivity contribution < 1.29 is 19.1 Å². The summed E-state index contributed by atoms with van der Waals surface area (Å²) in [6, 6.07) is 13.2. The van der Waals surface area contributed by atoms with E-state index in [0.717, 1.165) is 24.0 Å². The zero-order chi connectivity index (χ0) is 21.5. The SMILES string of the molecule is COc1ccc(/C=C/C(=O)N2CCC(NC(=O)c3ccccc3C)CC2)cc1OC. The molecule has 0 saturated carbocycles. The van der Waals surface area contributed by atoms with Gasteiger partial charge in [-0.1, -0.05) is 24.3 Å². The molecule has 1 saturated heterocycles. The van der Waals surface area contributed by atoms with Gasteiger partial charge in [-0.15, -0.1) is 0 Å². The summed E-state index contributed by atoms with van der Waals surface area (Å²) in [5, 5.41) is 3.10. The monoisotopic (exact) mass is 408 g/mol. The van der Waals surface area contributed by atoms with Gasteiger partial charge in [0.25, 0.3) is 5.91 Å². The molecule has 1 N–H and O–H groups in total. The fourth-order valence-electron chi connectivity index (χ4n) is 3.56. The molecule has 2 aromatic rings. The summed E-state index contributed by atoms with van der Waals surface area (Å²) in [5.74, 6) is 1.19. The molecule has 0 aliphatic carbocycles. The molecule has 0 aromatic heterocycles. The van der Waals surface area contributed by atoms with Crippen LogP contribution in [0.1, 0.15) is 34.3 Å². The summed E-state index contributed by atoms with van der Waals surface area (Å²) < 4.78 is 10.5. The van der Waals surface area contributed by atoms with Gasteiger partial charge in [0.2, 0.25) is 5.91 Å². The Labute approximate surface area is 177 Å². The number of likely N-dealkylation sites (tertiary alicyclic amines) is 1. The average Bonchev–Trinajstić information content (AvgIpc) is 2.78. The van der Waals surface area contributed by atoms with Crippen molar-refractivity contribution in [2.45, 2.75) is 25.8 Å². The lowest BCUT2D eigenvalue weighted by Crippen LogP contribution is -2.46. The van der Waals surface area contributed by atoms with Crippen molar-refractivity contribution in [2.24, 2.45) is 0 Å². The zero-order valence-corrected chi connectivity index (χ0v) is 17.7. The number of piperidine rings is 1. The minimum Gasteiger partial charge on any atom is -0.493 e. The average molecular weight is 408 g/mol. The molecule has 1 heterocycles. The van der Waals surface area contributed by atoms with E-state index in [4.69, 9.17) is 9.47 Å². The molecule has 6 heteroatoms. The van der Waals surface area contributed by atoms with Gasteiger partial charge in [-0.25, -0.2) is 0 Å². The van der Waals surface area contributed by atoms with Gasteiger partial charge in [0.1, 0.15) is 0 Å². The lowest BCUT2D eigenvalue weighted by molar-refractivity contribution is -0.126. The molecular formula is C24H28N2O4. The Bertz CT molecular complexity index is 931. The topological polar surface area (TPSA) is 67.9 Å². The number of methoxy groups -OCH3 is 2. The predicted molar refractivity (Wildman–Crippen MR) is 117 cm³/mol. The third-order valence-electron chi connectivity index (χ3n) is 5.36. The number of nitrogens with zero attached hydrogens (tertiary/aromatic N) is 1. The van der Waals surface area contributed by atoms with E-state index in [1.165, 1.54) is 0 Å². The smallest absolute Gasteiger partial charge is 0.251 e. The molecule has 1 aliphatic rings. The molecule has 3 rings (SSSR count). The quantitative estimate of drug-likeness (QED) is 0.744. The lowest BCUT2D eigenvalue weighted by atomic mass is 10.0. The highest BCUT2D eigenvalue weighted by molar-refractivity contribution is 5.96. The molecule has 0 bridgehead atoms. The Kier molecular flexibility index (Phi) is 7.12. The fraction of sp³-hybridized carbons (Fsp3) is 0.333. The first kappa shape index (κ1) is 21.4. The van der Waals surface area contributed by atoms with Gasteiger partial charge in [0, 0.05) is 30.8 Å². The third kappa shape index (κ3) is 5.20. The third-order valence-corrected chi connectivity index (χ3v) is 5.36. The number of ether oxygens (including phenoxy) is 2. The number of amides is 2. The molecule has 0 spiro atoms. The summed E-state index contributed by atoms with van der Waals surface area (Å²) >= 11 is 0. The van der Waals surface area contributed by atoms with E-state index in [0.29, 0.717) is 30.2 Å². The van der Waals surface area contributed by atoms with Gasteiger partial charge in [-0.05, 0) is 55.2 Å². The highest BCUT2D eigenvalue weighted by atomic mass is 16.5. The van der Waals surface area contributed by atoms with E-state index in [1.807, 2.05) is 54.3 Å². The van der Waals surface area contributed by atoms with Crippen LogP contribution in [0.3, 0.4) is 0 Å². The molecule has 0 atom stereocenters. The highest BCUT2D eigenvalue weighted by Crippen LogP contribution is 2.28. The maximum Gasteiger partial charge on any atom is 0.251 e. The molecule has 0 radical (unpaired) electrons. The molecule has 158 valence electrons. The van der Waals surface area contributed by atoms with Crippen molar-refractivity contribution in [3.63, 3.8) is 0 Å². The Balaban J connectivity index is 1.52. The van der Waals surface area contributed by atoms with Gasteiger partial charge in [-0.3, -0.25) is 9.59 Å². The van der Waals surface area contributed by atoms with Gasteiger partial charge in [-0.2, -0.15) is 0 Å². The van der Waals surface area contributed by atoms with Crippen LogP contribution < -0.4 is 14.8 Å². The largest absolute Gasteiger partial charge is 0.493 e. The summed E-state index contributed by atoms with van der Waals surface area (Å²) in [5.41, 5.74) is 2.53. The molecular weight excluding hydrogens is 380 g/mol. The van der Waals surface area contributed by atoms with Crippen LogP contribution in [0.4, 0.5) is 0 Å². The highest BCUT2D eigenvalue weighted by Gasteiger charge is 2.23. The second kappa shape index (κ2) is 9.96. The van der Waals surface area contributed by atoms with E-state index in [1.54, 1.807) is 26.4 Å². The fourth-order valence-corrected chi connectivity index (χ4v) is 3.56. The Morgan fingerprint density at radius 2 is 1.73 bits per heavy atom. The number of carbonyl (C=O) groups is 2. The second-order valence-electron chi connectivity index (χ2n) is 7.34. The van der Waals surface area contributed by atoms with E-state index in [9.17, 15) is 9.59 Å². The van der Waals surface area contributed by atoms with E-state index >= 15 is 0 Å². The number of hydrogen-bond acceptors (Lipinski definition) is 4. The molecule has 2 aromatic carbocycles. The Hall–Kier alpha value is -3.28. The summed E-state index contributed by atoms with van der Waals surface area (Å²) in [7, 11) is 3.17. The molecule has 0 unspecified atom stereocenters. The van der Waals surface area contributed by atoms with Crippen molar-refractivity contribution in [1.29, 1.82) is 0 Å². The van der Waals surface area contributed by atoms with Crippen molar-refractivity contribution in [2.75, 3.05) is 27.3 Å². The Morgan fingerprint density at radius 3 is 2.40 bits per heavy atom. The summed E-state index contributed by atoms with van der Waals surface area (Å²) in [6.45, 7) is 3.17. The van der Waals surface area contributed by atoms with Crippen LogP contribution in [-0.2, 0) is 4.79 Å². The van der Waals surface area contributed by atoms with Gasteiger partial charge in [0.05, 0.1) is 14.2 Å². The molecule has 6 nitrogen and oxygen atoms in total. The molecule has 1 fully saturated rings. The van der Waals surface area contributed by atoms with Crippen LogP contribution >= 0.6 is 0 Å². The number of benzene rings is 2. The first-order chi connectivity index (χ1) is 14.5. The van der Waals surface area contributed by atoms with Crippen molar-refractivity contribution in [3.05, 3.63) is 65.2 Å². The second-order valence-corrected chi connectivity index (χ2v) is 7.34. The van der Waals surface area contributed by atoms with Crippen LogP contribution in [0, 0.1) is 6.92 Å². The van der Waals surface area contributed by atoms with Crippen LogP contribution in [0.15, 0.2) is 48.5 Å². The van der Waals surface area contributed by atoms with Crippen LogP contribution in [0.5, 0.6) is 11.5 Å². The molecule has 1 aliphatic heterocycles. The standard InChI is InChI=1S/C24H28N2O4/c1-17-6-4-5-7-20(17)24(28)25-19-12-14-26(15-13-19)23(27)11-9-18-8-10-21(29-2)22(16-18)30-3/h4-11,16,19H,12-15H2,1-3H3,(H,25,28)/b11-9+. The van der Waals surface area contributed by atoms with Crippen LogP contribution in [0.2, 0.25) is 0 Å². The van der Waals surface area contributed by atoms with E-state index in [-0.39, 0.29) is 17.9 Å². The van der Waals surface area contributed by atoms with Gasteiger partial charge in [0.15, 0.2) is 11.5 Å². The van der Waals surface area contributed by atoms with Gasteiger partial charge >= 0.3 is 0 Å². The molecule has 30 heavy (non-hydrogen) atoms. The first-order valence-corrected chi connectivity index (χ1v) is 10.1. The van der Waals surface area contributed by atoms with Gasteiger partial charge < -0.3 is 19.7 Å². The van der Waals surface area contributed by atoms with Crippen molar-refractivity contribution >= 4 is 17.9 Å². The minimum absolute atomic E-state index is 0.0338. The van der Waals surface area contributed by atoms with E-state index in [2.05, 4.69) is 5.32 Å². The number of nitrogens with one attached hydrogen (secondary N) is 1. The van der Waals surface area contributed by atoms with E-state index < -0.39 is 0 Å². The first-order valence-electron chi connectivity index (χ1n) is 10.1. The number of rotatable bonds is 6. The van der Waals surface area contributed by atoms with Crippen LogP contribution in [-0.4, -0.2) is 50.1 Å². The molecule has 2 amide bonds. The Morgan fingerprint density at radius 1 is 1.03 bits per heavy atom. The zero-order valence-electron chi connectivity index (χ0n) is 17.7. The maximum atomic E-state index is 12.5. The summed E-state index contributed by atoms with van der Waals surface area (Å²) in [4.78, 5) is 26.8. The van der Waals surface area contributed by atoms with Crippen molar-refractivity contribution in [1.82, 2.24) is 10.2 Å². The number of carbonyl (C=O) groups excluding carboxylic acids is 2. The maximum absolute atomic E-state index is 12.5. The number of hydrogen-bond donors (Lipinski definition) is 1.